The molecule has 0 radical (unpaired) electrons. The number of nitrogens with two attached hydrogens (primary N) is 1. The Kier molecular flexibility index (Phi) is 6.17. The third kappa shape index (κ3) is 4.99. The van der Waals surface area contributed by atoms with Crippen molar-refractivity contribution in [2.24, 2.45) is 0 Å². The molecule has 0 bridgehead atoms. The number of hydrogen-bond acceptors (Lipinski definition) is 6. The van der Waals surface area contributed by atoms with Gasteiger partial charge >= 0.3 is 6.48 Å². The van der Waals surface area contributed by atoms with Gasteiger partial charge in [-0.05, 0) is 29.9 Å². The maximum absolute atomic E-state index is 6.20. The average Bonchev–Trinajstić information content (AvgIpc) is 2.98. The van der Waals surface area contributed by atoms with E-state index in [1.807, 2.05) is 6.92 Å². The maximum Gasteiger partial charge on any atom is 0.315 e. The van der Waals surface area contributed by atoms with Crippen molar-refractivity contribution in [2.45, 2.75) is 65.8 Å². The first-order valence-electron chi connectivity index (χ1n) is 9.15. The Morgan fingerprint density at radius 3 is 2.00 bits per heavy atom. The van der Waals surface area contributed by atoms with E-state index in [1.54, 1.807) is 7.11 Å². The van der Waals surface area contributed by atoms with E-state index in [-0.39, 0.29) is 16.8 Å². The van der Waals surface area contributed by atoms with Crippen molar-refractivity contribution in [3.05, 3.63) is 23.3 Å². The van der Waals surface area contributed by atoms with Crippen LogP contribution < -0.4 is 10.5 Å². The third-order valence-electron chi connectivity index (χ3n) is 4.19. The van der Waals surface area contributed by atoms with Crippen LogP contribution in [0.25, 0.3) is 11.4 Å². The topological polar surface area (TPSA) is 95.3 Å². The van der Waals surface area contributed by atoms with Gasteiger partial charge in [0.2, 0.25) is 5.95 Å². The van der Waals surface area contributed by atoms with Crippen LogP contribution in [0.1, 0.15) is 59.6 Å². The number of rotatable bonds is 6. The fraction of sp³-hybridized carbons (Fsp3) is 0.600. The highest BCUT2D eigenvalue weighted by atomic mass is 16.8. The fourth-order valence-electron chi connectivity index (χ4n) is 2.79. The predicted molar refractivity (Wildman–Crippen MR) is 107 cm³/mol. The Balaban J connectivity index is 2.71. The van der Waals surface area contributed by atoms with Gasteiger partial charge in [0, 0.05) is 23.8 Å². The minimum Gasteiger partial charge on any atom is -0.441 e. The number of aromatic amines is 1. The molecule has 1 heterocycles. The maximum atomic E-state index is 6.20. The van der Waals surface area contributed by atoms with Gasteiger partial charge in [0.15, 0.2) is 5.82 Å². The summed E-state index contributed by atoms with van der Waals surface area (Å²) in [6.45, 7) is 14.5. The lowest BCUT2D eigenvalue weighted by atomic mass is 9.78. The smallest absolute Gasteiger partial charge is 0.315 e. The molecule has 0 aliphatic rings. The number of aromatic nitrogens is 3. The van der Waals surface area contributed by atoms with Crippen molar-refractivity contribution in [1.82, 2.24) is 15.2 Å². The van der Waals surface area contributed by atoms with Crippen LogP contribution in [0, 0.1) is 0 Å². The number of nitrogen functional groups attached to an aromatic ring is 1. The minimum atomic E-state index is -0.774. The number of methoxy groups -OCH3 is 1. The lowest BCUT2D eigenvalue weighted by Gasteiger charge is -2.31. The molecule has 1 aromatic heterocycles. The van der Waals surface area contributed by atoms with Crippen molar-refractivity contribution in [3.8, 4) is 17.1 Å². The normalized spacial score (nSPS) is 13.6. The molecule has 150 valence electrons. The fourth-order valence-corrected chi connectivity index (χ4v) is 2.79. The van der Waals surface area contributed by atoms with Crippen LogP contribution in [0.3, 0.4) is 0 Å². The van der Waals surface area contributed by atoms with Gasteiger partial charge < -0.3 is 19.9 Å². The van der Waals surface area contributed by atoms with Gasteiger partial charge in [-0.2, -0.15) is 4.98 Å². The zero-order valence-electron chi connectivity index (χ0n) is 17.6. The second-order valence-electron chi connectivity index (χ2n) is 8.54. The average molecular weight is 377 g/mol. The zero-order chi connectivity index (χ0) is 20.4. The first-order chi connectivity index (χ1) is 12.5. The molecule has 7 nitrogen and oxygen atoms in total. The quantitative estimate of drug-likeness (QED) is 0.740. The van der Waals surface area contributed by atoms with Crippen LogP contribution in [0.2, 0.25) is 0 Å². The molecular weight excluding hydrogens is 344 g/mol. The van der Waals surface area contributed by atoms with E-state index in [0.29, 0.717) is 12.4 Å². The molecule has 7 heteroatoms. The van der Waals surface area contributed by atoms with E-state index in [1.165, 1.54) is 0 Å². The van der Waals surface area contributed by atoms with Crippen LogP contribution in [-0.4, -0.2) is 35.4 Å². The SMILES string of the molecule is CCOC(OC)Oc1c(C(C)(C)C)cc(-c2nc(N)n[nH]2)cc1C(C)(C)C. The van der Waals surface area contributed by atoms with Crippen LogP contribution in [0.5, 0.6) is 5.75 Å². The Hall–Kier alpha value is -2.12. The number of nitrogens with one attached hydrogen (secondary N) is 1. The predicted octanol–water partition coefficient (Wildman–Crippen LogP) is 3.99. The zero-order valence-corrected chi connectivity index (χ0v) is 17.6. The molecule has 1 aromatic carbocycles. The monoisotopic (exact) mass is 376 g/mol. The van der Waals surface area contributed by atoms with E-state index in [2.05, 4.69) is 68.9 Å². The summed E-state index contributed by atoms with van der Waals surface area (Å²) in [6.07, 6.45) is 0. The summed E-state index contributed by atoms with van der Waals surface area (Å²) in [5, 5.41) is 6.85. The van der Waals surface area contributed by atoms with E-state index in [4.69, 9.17) is 19.9 Å². The van der Waals surface area contributed by atoms with Crippen LogP contribution in [-0.2, 0) is 20.3 Å². The van der Waals surface area contributed by atoms with Crippen LogP contribution in [0.15, 0.2) is 12.1 Å². The highest BCUT2D eigenvalue weighted by Gasteiger charge is 2.30. The van der Waals surface area contributed by atoms with E-state index < -0.39 is 6.48 Å². The summed E-state index contributed by atoms with van der Waals surface area (Å²) in [5.41, 5.74) is 8.31. The van der Waals surface area contributed by atoms with Gasteiger partial charge in [0.25, 0.3) is 0 Å². The first kappa shape index (κ1) is 21.2. The molecule has 2 rings (SSSR count). The molecule has 2 aromatic rings. The molecule has 0 saturated carbocycles. The Morgan fingerprint density at radius 2 is 1.63 bits per heavy atom. The van der Waals surface area contributed by atoms with Crippen molar-refractivity contribution in [2.75, 3.05) is 19.5 Å². The molecule has 0 amide bonds. The second kappa shape index (κ2) is 7.86. The number of anilines is 1. The number of nitrogens with zero attached hydrogens (tertiary/aromatic N) is 2. The van der Waals surface area contributed by atoms with Gasteiger partial charge in [-0.25, -0.2) is 0 Å². The Bertz CT molecular complexity index is 737. The first-order valence-corrected chi connectivity index (χ1v) is 9.15. The molecule has 27 heavy (non-hydrogen) atoms. The molecule has 0 spiro atoms. The standard InChI is InChI=1S/C20H32N4O3/c1-9-26-18(25-8)27-15-13(19(2,3)4)10-12(11-14(15)20(5,6)7)16-22-17(21)24-23-16/h10-11,18H,9H2,1-8H3,(H3,21,22,23,24). The van der Waals surface area contributed by atoms with Gasteiger partial charge in [0.1, 0.15) is 5.75 Å². The molecule has 3 N–H and O–H groups in total. The van der Waals surface area contributed by atoms with E-state index in [9.17, 15) is 0 Å². The number of H-pyrrole nitrogens is 1. The largest absolute Gasteiger partial charge is 0.441 e. The summed E-state index contributed by atoms with van der Waals surface area (Å²) >= 11 is 0. The summed E-state index contributed by atoms with van der Waals surface area (Å²) in [7, 11) is 1.57. The number of benzene rings is 1. The lowest BCUT2D eigenvalue weighted by molar-refractivity contribution is -0.231. The van der Waals surface area contributed by atoms with Gasteiger partial charge in [0.05, 0.1) is 6.61 Å². The molecular formula is C20H32N4O3. The van der Waals surface area contributed by atoms with Gasteiger partial charge in [-0.3, -0.25) is 5.10 Å². The summed E-state index contributed by atoms with van der Waals surface area (Å²) < 4.78 is 17.1. The van der Waals surface area contributed by atoms with Crippen molar-refractivity contribution >= 4 is 5.95 Å². The lowest BCUT2D eigenvalue weighted by Crippen LogP contribution is -2.27. The van der Waals surface area contributed by atoms with Crippen molar-refractivity contribution in [1.29, 1.82) is 0 Å². The summed E-state index contributed by atoms with van der Waals surface area (Å²) in [6, 6.07) is 4.12. The molecule has 1 unspecified atom stereocenters. The van der Waals surface area contributed by atoms with E-state index >= 15 is 0 Å². The van der Waals surface area contributed by atoms with Crippen molar-refractivity contribution < 1.29 is 14.2 Å². The van der Waals surface area contributed by atoms with Crippen LogP contribution >= 0.6 is 0 Å². The second-order valence-corrected chi connectivity index (χ2v) is 8.54. The molecule has 1 atom stereocenters. The van der Waals surface area contributed by atoms with E-state index in [0.717, 1.165) is 22.4 Å². The molecule has 0 aliphatic carbocycles. The van der Waals surface area contributed by atoms with Gasteiger partial charge in [-0.1, -0.05) is 41.5 Å². The molecule has 0 aliphatic heterocycles. The van der Waals surface area contributed by atoms with Crippen molar-refractivity contribution in [3.63, 3.8) is 0 Å². The van der Waals surface area contributed by atoms with Crippen LogP contribution in [0.4, 0.5) is 5.95 Å². The highest BCUT2D eigenvalue weighted by molar-refractivity contribution is 5.64. The molecule has 0 saturated heterocycles. The summed E-state index contributed by atoms with van der Waals surface area (Å²) in [4.78, 5) is 4.28. The molecule has 0 fully saturated rings. The Morgan fingerprint density at radius 1 is 1.07 bits per heavy atom. The number of ether oxygens (including phenoxy) is 3. The third-order valence-corrected chi connectivity index (χ3v) is 4.19. The minimum absolute atomic E-state index is 0.179. The van der Waals surface area contributed by atoms with Gasteiger partial charge in [-0.15, -0.1) is 5.10 Å². The Labute approximate surface area is 161 Å². The summed E-state index contributed by atoms with van der Waals surface area (Å²) in [5.74, 6) is 1.62. The highest BCUT2D eigenvalue weighted by Crippen LogP contribution is 2.43. The number of hydrogen-bond donors (Lipinski definition) is 2.